The van der Waals surface area contributed by atoms with Gasteiger partial charge in [-0.1, -0.05) is 158 Å². The second-order valence-electron chi connectivity index (χ2n) is 13.8. The van der Waals surface area contributed by atoms with Crippen LogP contribution in [-0.4, -0.2) is 18.9 Å². The summed E-state index contributed by atoms with van der Waals surface area (Å²) in [5.41, 5.74) is 13.1. The van der Waals surface area contributed by atoms with Gasteiger partial charge in [0.1, 0.15) is 5.65 Å². The van der Waals surface area contributed by atoms with Crippen LogP contribution >= 0.6 is 0 Å². The summed E-state index contributed by atoms with van der Waals surface area (Å²) in [6, 6.07) is 69.0. The average Bonchev–Trinajstić information content (AvgIpc) is 3.76. The number of para-hydroxylation sites is 3. The Morgan fingerprint density at radius 3 is 1.67 bits per heavy atom. The molecule has 0 saturated heterocycles. The summed E-state index contributed by atoms with van der Waals surface area (Å²) in [5.74, 6) is 0.710. The van der Waals surface area contributed by atoms with Gasteiger partial charge < -0.3 is 0 Å². The predicted molar refractivity (Wildman–Crippen MR) is 224 cm³/mol. The number of rotatable bonds is 5. The van der Waals surface area contributed by atoms with Crippen LogP contribution in [0.1, 0.15) is 0 Å². The third kappa shape index (κ3) is 4.70. The molecule has 0 saturated carbocycles. The highest BCUT2D eigenvalue weighted by atomic mass is 15.1. The van der Waals surface area contributed by atoms with E-state index in [0.29, 0.717) is 5.82 Å². The zero-order chi connectivity index (χ0) is 35.6. The zero-order valence-electron chi connectivity index (χ0n) is 29.3. The lowest BCUT2D eigenvalue weighted by molar-refractivity contribution is 1.15. The molecule has 3 heterocycles. The molecule has 0 atom stereocenters. The van der Waals surface area contributed by atoms with E-state index in [4.69, 9.17) is 9.97 Å². The van der Waals surface area contributed by atoms with E-state index in [9.17, 15) is 0 Å². The first-order valence-electron chi connectivity index (χ1n) is 18.3. The molecule has 11 rings (SSSR count). The Morgan fingerprint density at radius 1 is 0.370 bits per heavy atom. The van der Waals surface area contributed by atoms with Crippen molar-refractivity contribution in [3.63, 3.8) is 0 Å². The maximum atomic E-state index is 5.28. The lowest BCUT2D eigenvalue weighted by atomic mass is 9.99. The topological polar surface area (TPSA) is 35.1 Å². The Labute approximate surface area is 311 Å². The van der Waals surface area contributed by atoms with Crippen molar-refractivity contribution < 1.29 is 0 Å². The molecule has 0 aliphatic rings. The highest BCUT2D eigenvalue weighted by molar-refractivity contribution is 6.09. The molecule has 0 unspecified atom stereocenters. The van der Waals surface area contributed by atoms with Gasteiger partial charge in [-0.3, -0.25) is 8.97 Å². The third-order valence-electron chi connectivity index (χ3n) is 10.7. The molecule has 0 radical (unpaired) electrons. The Kier molecular flexibility index (Phi) is 6.82. The number of hydrogen-bond donors (Lipinski definition) is 0. The molecular weight excluding hydrogens is 657 g/mol. The van der Waals surface area contributed by atoms with E-state index in [1.165, 1.54) is 43.7 Å². The van der Waals surface area contributed by atoms with E-state index in [1.807, 2.05) is 0 Å². The second-order valence-corrected chi connectivity index (χ2v) is 13.8. The van der Waals surface area contributed by atoms with Crippen molar-refractivity contribution in [3.05, 3.63) is 194 Å². The largest absolute Gasteiger partial charge is 0.293 e. The number of fused-ring (bicyclic) bond motifs is 7. The predicted octanol–water partition coefficient (Wildman–Crippen LogP) is 12.8. The van der Waals surface area contributed by atoms with Crippen LogP contribution < -0.4 is 0 Å². The molecule has 0 bridgehead atoms. The lowest BCUT2D eigenvalue weighted by Crippen LogP contribution is -1.98. The van der Waals surface area contributed by atoms with E-state index in [0.717, 1.165) is 50.3 Å². The van der Waals surface area contributed by atoms with Crippen LogP contribution in [0.4, 0.5) is 0 Å². The van der Waals surface area contributed by atoms with Gasteiger partial charge in [0, 0.05) is 33.3 Å². The molecule has 0 spiro atoms. The molecule has 0 aliphatic heterocycles. The molecule has 0 amide bonds. The van der Waals surface area contributed by atoms with E-state index >= 15 is 0 Å². The van der Waals surface area contributed by atoms with Gasteiger partial charge in [-0.2, -0.15) is 0 Å². The van der Waals surface area contributed by atoms with Crippen molar-refractivity contribution >= 4 is 49.1 Å². The van der Waals surface area contributed by atoms with E-state index in [-0.39, 0.29) is 0 Å². The van der Waals surface area contributed by atoms with Gasteiger partial charge in [0.25, 0.3) is 0 Å². The Bertz CT molecular complexity index is 3100. The fourth-order valence-electron chi connectivity index (χ4n) is 8.29. The van der Waals surface area contributed by atoms with Crippen molar-refractivity contribution in [3.8, 4) is 50.7 Å². The van der Waals surface area contributed by atoms with Gasteiger partial charge in [0.2, 0.25) is 0 Å². The van der Waals surface area contributed by atoms with Gasteiger partial charge in [0.15, 0.2) is 5.82 Å². The number of hydrogen-bond acceptors (Lipinski definition) is 2. The molecule has 8 aromatic carbocycles. The summed E-state index contributed by atoms with van der Waals surface area (Å²) in [4.78, 5) is 10.5. The summed E-state index contributed by atoms with van der Waals surface area (Å²) >= 11 is 0. The van der Waals surface area contributed by atoms with Crippen molar-refractivity contribution in [1.82, 2.24) is 18.9 Å². The standard InChI is InChI=1S/C50H32N4/c1-2-16-36(17-3-1)48-42-22-8-9-25-45(42)54-47-27-11-10-26-46(47)53(50(48)54)37-30-28-35(29-31-37)43-32-44(40-23-12-18-33-14-4-6-20-38(33)40)52-49(51-43)41-24-13-19-34-15-5-7-21-39(34)41/h1-32H. The van der Waals surface area contributed by atoms with E-state index in [1.54, 1.807) is 0 Å². The molecule has 0 aliphatic carbocycles. The molecule has 252 valence electrons. The van der Waals surface area contributed by atoms with Crippen molar-refractivity contribution in [2.75, 3.05) is 0 Å². The van der Waals surface area contributed by atoms with Crippen LogP contribution in [0.25, 0.3) is 99.8 Å². The van der Waals surface area contributed by atoms with Crippen LogP contribution in [0.15, 0.2) is 194 Å². The number of aromatic nitrogens is 4. The molecule has 0 N–H and O–H groups in total. The van der Waals surface area contributed by atoms with Crippen LogP contribution in [0.3, 0.4) is 0 Å². The Hall–Kier alpha value is -7.30. The first-order chi connectivity index (χ1) is 26.8. The second kappa shape index (κ2) is 12.1. The molecule has 54 heavy (non-hydrogen) atoms. The maximum absolute atomic E-state index is 5.28. The van der Waals surface area contributed by atoms with E-state index < -0.39 is 0 Å². The van der Waals surface area contributed by atoms with Crippen molar-refractivity contribution in [1.29, 1.82) is 0 Å². The first-order valence-corrected chi connectivity index (χ1v) is 18.3. The summed E-state index contributed by atoms with van der Waals surface area (Å²) in [6.07, 6.45) is 0. The maximum Gasteiger partial charge on any atom is 0.161 e. The molecule has 4 heteroatoms. The van der Waals surface area contributed by atoms with Gasteiger partial charge in [-0.05, 0) is 63.5 Å². The number of imidazole rings is 1. The highest BCUT2D eigenvalue weighted by Crippen LogP contribution is 2.41. The number of benzene rings is 8. The average molecular weight is 689 g/mol. The van der Waals surface area contributed by atoms with Gasteiger partial charge >= 0.3 is 0 Å². The number of nitrogens with zero attached hydrogens (tertiary/aromatic N) is 4. The Morgan fingerprint density at radius 2 is 0.926 bits per heavy atom. The smallest absolute Gasteiger partial charge is 0.161 e. The Balaban J connectivity index is 1.13. The summed E-state index contributed by atoms with van der Waals surface area (Å²) in [6.45, 7) is 0. The third-order valence-corrected chi connectivity index (χ3v) is 10.7. The van der Waals surface area contributed by atoms with Gasteiger partial charge in [-0.25, -0.2) is 9.97 Å². The normalized spacial score (nSPS) is 11.7. The van der Waals surface area contributed by atoms with Crippen LogP contribution in [0.2, 0.25) is 0 Å². The van der Waals surface area contributed by atoms with Crippen LogP contribution in [0.5, 0.6) is 0 Å². The SMILES string of the molecule is c1ccc(-c2c3ccccc3n3c4ccccc4n(-c4ccc(-c5cc(-c6cccc7ccccc67)nc(-c6cccc7ccccc67)n5)cc4)c23)cc1. The molecule has 4 nitrogen and oxygen atoms in total. The minimum Gasteiger partial charge on any atom is -0.293 e. The highest BCUT2D eigenvalue weighted by Gasteiger charge is 2.22. The summed E-state index contributed by atoms with van der Waals surface area (Å²) in [5, 5.41) is 5.88. The minimum absolute atomic E-state index is 0.710. The fraction of sp³-hybridized carbons (Fsp3) is 0. The molecule has 11 aromatic rings. The van der Waals surface area contributed by atoms with E-state index in [2.05, 4.69) is 203 Å². The molecule has 0 fully saturated rings. The molecular formula is C50H32N4. The van der Waals surface area contributed by atoms with Gasteiger partial charge in [0.05, 0.1) is 27.9 Å². The fourth-order valence-corrected chi connectivity index (χ4v) is 8.29. The monoisotopic (exact) mass is 688 g/mol. The summed E-state index contributed by atoms with van der Waals surface area (Å²) < 4.78 is 4.82. The van der Waals surface area contributed by atoms with Crippen molar-refractivity contribution in [2.24, 2.45) is 0 Å². The van der Waals surface area contributed by atoms with Gasteiger partial charge in [-0.15, -0.1) is 0 Å². The summed E-state index contributed by atoms with van der Waals surface area (Å²) in [7, 11) is 0. The first kappa shape index (κ1) is 30.3. The van der Waals surface area contributed by atoms with Crippen molar-refractivity contribution in [2.45, 2.75) is 0 Å². The minimum atomic E-state index is 0.710. The molecule has 3 aromatic heterocycles. The lowest BCUT2D eigenvalue weighted by Gasteiger charge is -2.13. The zero-order valence-corrected chi connectivity index (χ0v) is 29.3. The quantitative estimate of drug-likeness (QED) is 0.180. The van der Waals surface area contributed by atoms with Crippen LogP contribution in [0, 0.1) is 0 Å². The van der Waals surface area contributed by atoms with Crippen LogP contribution in [-0.2, 0) is 0 Å².